The number of primary amides is 1. The highest BCUT2D eigenvalue weighted by Gasteiger charge is 2.46. The number of anilines is 2. The van der Waals surface area contributed by atoms with E-state index in [9.17, 15) is 37.1 Å². The second-order valence-electron chi connectivity index (χ2n) is 10.5. The zero-order chi connectivity index (χ0) is 34.6. The normalized spacial score (nSPS) is 16.7. The van der Waals surface area contributed by atoms with E-state index in [1.54, 1.807) is 0 Å². The van der Waals surface area contributed by atoms with E-state index in [0.29, 0.717) is 0 Å². The van der Waals surface area contributed by atoms with E-state index < -0.39 is 63.4 Å². The number of carboxylic acids is 1. The van der Waals surface area contributed by atoms with Gasteiger partial charge in [0.2, 0.25) is 11.8 Å². The average Bonchev–Trinajstić information content (AvgIpc) is 3.50. The lowest BCUT2D eigenvalue weighted by atomic mass is 9.92. The monoisotopic (exact) mass is 674 g/mol. The maximum atomic E-state index is 15.1. The third-order valence-electron chi connectivity index (χ3n) is 7.78. The quantitative estimate of drug-likeness (QED) is 0.232. The predicted octanol–water partition coefficient (Wildman–Crippen LogP) is 3.87. The van der Waals surface area contributed by atoms with E-state index in [-0.39, 0.29) is 57.4 Å². The largest absolute Gasteiger partial charge is 0.494 e. The van der Waals surface area contributed by atoms with Gasteiger partial charge in [0, 0.05) is 17.8 Å². The molecule has 1 aliphatic rings. The summed E-state index contributed by atoms with van der Waals surface area (Å²) in [7, 11) is -1.70. The molecule has 0 aliphatic carbocycles. The zero-order valence-electron chi connectivity index (χ0n) is 25.5. The molecule has 0 bridgehead atoms. The van der Waals surface area contributed by atoms with Crippen LogP contribution in [0.1, 0.15) is 46.9 Å². The van der Waals surface area contributed by atoms with E-state index in [1.165, 1.54) is 44.4 Å². The number of hydrogen-bond acceptors (Lipinski definition) is 9. The van der Waals surface area contributed by atoms with Crippen LogP contribution in [0.4, 0.5) is 25.0 Å². The number of sulfone groups is 1. The number of carbonyl (C=O) groups is 4. The van der Waals surface area contributed by atoms with Gasteiger partial charge in [0.25, 0.3) is 0 Å². The molecule has 250 valence electrons. The number of hydrogen-bond donors (Lipinski definition) is 4. The van der Waals surface area contributed by atoms with Gasteiger partial charge in [-0.1, -0.05) is 13.0 Å². The van der Waals surface area contributed by atoms with Gasteiger partial charge in [0.05, 0.1) is 42.5 Å². The molecule has 3 atom stereocenters. The third-order valence-corrected chi connectivity index (χ3v) is 9.58. The Bertz CT molecular complexity index is 1840. The second kappa shape index (κ2) is 14.0. The van der Waals surface area contributed by atoms with Crippen LogP contribution in [0.5, 0.6) is 5.75 Å². The van der Waals surface area contributed by atoms with E-state index in [0.717, 1.165) is 36.3 Å². The Morgan fingerprint density at radius 1 is 1.04 bits per heavy atom. The first-order chi connectivity index (χ1) is 22.2. The topological polar surface area (TPSA) is 194 Å². The minimum Gasteiger partial charge on any atom is -0.494 e. The molecule has 1 fully saturated rings. The van der Waals surface area contributed by atoms with Crippen LogP contribution in [0.15, 0.2) is 59.5 Å². The Hall–Kier alpha value is -5.25. The van der Waals surface area contributed by atoms with Gasteiger partial charge in [0.1, 0.15) is 11.9 Å². The van der Waals surface area contributed by atoms with E-state index >= 15 is 4.39 Å². The van der Waals surface area contributed by atoms with E-state index in [1.807, 2.05) is 0 Å². The molecule has 0 unspecified atom stereocenters. The van der Waals surface area contributed by atoms with Crippen molar-refractivity contribution >= 4 is 45.1 Å². The predicted molar refractivity (Wildman–Crippen MR) is 165 cm³/mol. The molecular weight excluding hydrogens is 642 g/mol. The Balaban J connectivity index is 1.92. The molecule has 0 saturated carbocycles. The number of nitrogens with zero attached hydrogens (tertiary/aromatic N) is 1. The van der Waals surface area contributed by atoms with Gasteiger partial charge in [-0.25, -0.2) is 22.0 Å². The van der Waals surface area contributed by atoms with Crippen molar-refractivity contribution in [3.05, 3.63) is 82.9 Å². The number of aliphatic carboxylic acids is 1. The van der Waals surface area contributed by atoms with Gasteiger partial charge in [-0.2, -0.15) is 0 Å². The Morgan fingerprint density at radius 3 is 2.36 bits per heavy atom. The van der Waals surface area contributed by atoms with Gasteiger partial charge in [-0.05, 0) is 66.1 Å². The number of benzene rings is 3. The molecule has 0 aromatic heterocycles. The summed E-state index contributed by atoms with van der Waals surface area (Å²) in [6.45, 7) is 1.21. The van der Waals surface area contributed by atoms with Crippen molar-refractivity contribution in [2.24, 2.45) is 11.7 Å². The van der Waals surface area contributed by atoms with Crippen LogP contribution < -0.4 is 21.1 Å². The van der Waals surface area contributed by atoms with Crippen molar-refractivity contribution < 1.29 is 51.0 Å². The summed E-state index contributed by atoms with van der Waals surface area (Å²) >= 11 is 0. The fraction of sp³-hybridized carbons (Fsp3) is 0.290. The van der Waals surface area contributed by atoms with Crippen LogP contribution >= 0.6 is 0 Å². The molecule has 3 amide bonds. The molecule has 1 aliphatic heterocycles. The summed E-state index contributed by atoms with van der Waals surface area (Å²) in [5, 5.41) is 15.4. The lowest BCUT2D eigenvalue weighted by molar-refractivity contribution is -0.143. The smallest absolute Gasteiger partial charge is 0.411 e. The fourth-order valence-electron chi connectivity index (χ4n) is 5.40. The number of ether oxygens (including phenoxy) is 2. The summed E-state index contributed by atoms with van der Waals surface area (Å²) in [6.07, 6.45) is -0.984. The van der Waals surface area contributed by atoms with Crippen LogP contribution in [0.25, 0.3) is 0 Å². The van der Waals surface area contributed by atoms with Crippen LogP contribution in [-0.2, 0) is 24.2 Å². The summed E-state index contributed by atoms with van der Waals surface area (Å²) in [6, 6.07) is 7.42. The number of rotatable bonds is 11. The number of carboxylic acid groups (broad SMARTS) is 1. The number of nitrogens with two attached hydrogens (primary N) is 1. The molecule has 0 spiro atoms. The average molecular weight is 675 g/mol. The van der Waals surface area contributed by atoms with Crippen LogP contribution in [-0.4, -0.2) is 68.8 Å². The second-order valence-corrected chi connectivity index (χ2v) is 12.8. The molecule has 16 heteroatoms. The van der Waals surface area contributed by atoms with Crippen molar-refractivity contribution in [1.29, 1.82) is 0 Å². The maximum absolute atomic E-state index is 15.1. The molecule has 47 heavy (non-hydrogen) atoms. The first-order valence-electron chi connectivity index (χ1n) is 14.2. The van der Waals surface area contributed by atoms with Crippen molar-refractivity contribution in [2.75, 3.05) is 37.2 Å². The Kier molecular flexibility index (Phi) is 10.3. The maximum Gasteiger partial charge on any atom is 0.411 e. The standard InChI is InChI=1S/C31H32F2N4O9S/c1-4-47(43,44)25-10-7-18(35-31(42)46-3)15-20(25)27-19(30(40)41)11-12-37(27)29(39)26(16-5-9-22(33)24(14-16)45-2)36-23-13-17(28(34)38)6-8-21(23)32/h5-10,13-15,19,26-27,36H,4,11-12H2,1-3H3,(H2,34,38)(H,35,42)(H,40,41)/t19-,26-,27+/m0/s1. The molecule has 3 aromatic rings. The molecule has 4 rings (SSSR count). The molecule has 1 saturated heterocycles. The van der Waals surface area contributed by atoms with Gasteiger partial charge in [-0.15, -0.1) is 0 Å². The number of nitrogens with one attached hydrogen (secondary N) is 2. The molecule has 13 nitrogen and oxygen atoms in total. The van der Waals surface area contributed by atoms with Crippen molar-refractivity contribution in [1.82, 2.24) is 4.90 Å². The Labute approximate surface area is 268 Å². The molecular formula is C31H32F2N4O9S. The number of carbonyl (C=O) groups excluding carboxylic acids is 3. The van der Waals surface area contributed by atoms with E-state index in [2.05, 4.69) is 15.4 Å². The summed E-state index contributed by atoms with van der Waals surface area (Å²) in [5.74, 6) is -6.62. The lowest BCUT2D eigenvalue weighted by Gasteiger charge is -2.33. The van der Waals surface area contributed by atoms with Crippen molar-refractivity contribution in [2.45, 2.75) is 30.3 Å². The number of amides is 3. The first kappa shape index (κ1) is 34.6. The molecule has 0 radical (unpaired) electrons. The highest BCUT2D eigenvalue weighted by atomic mass is 32.2. The third kappa shape index (κ3) is 7.27. The molecule has 3 aromatic carbocycles. The number of methoxy groups -OCH3 is 2. The highest BCUT2D eigenvalue weighted by molar-refractivity contribution is 7.91. The van der Waals surface area contributed by atoms with Gasteiger partial charge < -0.3 is 30.5 Å². The minimum atomic E-state index is -4.01. The zero-order valence-corrected chi connectivity index (χ0v) is 26.3. The van der Waals surface area contributed by atoms with Gasteiger partial charge >= 0.3 is 12.1 Å². The number of likely N-dealkylation sites (tertiary alicyclic amines) is 1. The summed E-state index contributed by atoms with van der Waals surface area (Å²) < 4.78 is 65.7. The molecule has 1 heterocycles. The van der Waals surface area contributed by atoms with Crippen LogP contribution in [0, 0.1) is 17.6 Å². The highest BCUT2D eigenvalue weighted by Crippen LogP contribution is 2.43. The minimum absolute atomic E-state index is 0.0635. The van der Waals surface area contributed by atoms with E-state index in [4.69, 9.17) is 10.5 Å². The Morgan fingerprint density at radius 2 is 1.74 bits per heavy atom. The van der Waals surface area contributed by atoms with Crippen molar-refractivity contribution in [3.63, 3.8) is 0 Å². The van der Waals surface area contributed by atoms with Crippen LogP contribution in [0.2, 0.25) is 0 Å². The first-order valence-corrected chi connectivity index (χ1v) is 15.8. The van der Waals surface area contributed by atoms with Gasteiger partial charge in [-0.3, -0.25) is 19.7 Å². The molecule has 5 N–H and O–H groups in total. The summed E-state index contributed by atoms with van der Waals surface area (Å²) in [4.78, 5) is 51.8. The number of halogens is 2. The van der Waals surface area contributed by atoms with Gasteiger partial charge in [0.15, 0.2) is 21.4 Å². The fourth-order valence-corrected chi connectivity index (χ4v) is 6.53. The lowest BCUT2D eigenvalue weighted by Crippen LogP contribution is -2.40. The SMILES string of the molecule is CCS(=O)(=O)c1ccc(NC(=O)OC)cc1[C@H]1[C@@H](C(=O)O)CCN1C(=O)[C@@H](Nc1cc(C(N)=O)ccc1F)c1ccc(F)c(OC)c1. The summed E-state index contributed by atoms with van der Waals surface area (Å²) in [5.41, 5.74) is 4.99. The van der Waals surface area contributed by atoms with Crippen molar-refractivity contribution in [3.8, 4) is 5.75 Å². The van der Waals surface area contributed by atoms with Crippen LogP contribution in [0.3, 0.4) is 0 Å².